The third kappa shape index (κ3) is 4.51. The molecule has 2 amide bonds. The van der Waals surface area contributed by atoms with E-state index in [9.17, 15) is 9.59 Å². The van der Waals surface area contributed by atoms with Crippen molar-refractivity contribution in [2.75, 3.05) is 19.6 Å². The molecule has 1 aliphatic heterocycles. The monoisotopic (exact) mass is 429 g/mol. The summed E-state index contributed by atoms with van der Waals surface area (Å²) in [4.78, 5) is 40.8. The van der Waals surface area contributed by atoms with Crippen molar-refractivity contribution in [3.05, 3.63) is 78.6 Å². The predicted octanol–water partition coefficient (Wildman–Crippen LogP) is 3.14. The fourth-order valence-electron chi connectivity index (χ4n) is 4.47. The van der Waals surface area contributed by atoms with Crippen LogP contribution in [0.2, 0.25) is 0 Å². The quantitative estimate of drug-likeness (QED) is 0.650. The van der Waals surface area contributed by atoms with Crippen LogP contribution >= 0.6 is 0 Å². The Kier molecular flexibility index (Phi) is 6.54. The van der Waals surface area contributed by atoms with Gasteiger partial charge in [-0.2, -0.15) is 0 Å². The molecule has 1 atom stereocenters. The highest BCUT2D eigenvalue weighted by molar-refractivity contribution is 5.93. The number of aromatic nitrogens is 3. The number of likely N-dealkylation sites (tertiary alicyclic amines) is 1. The molecule has 0 saturated carbocycles. The molecule has 164 valence electrons. The summed E-state index contributed by atoms with van der Waals surface area (Å²) in [6.07, 6.45) is 8.68. The smallest absolute Gasteiger partial charge is 0.272 e. The van der Waals surface area contributed by atoms with Crippen LogP contribution in [0.5, 0.6) is 0 Å². The van der Waals surface area contributed by atoms with Gasteiger partial charge in [0.1, 0.15) is 12.0 Å². The van der Waals surface area contributed by atoms with E-state index in [1.807, 2.05) is 31.2 Å². The summed E-state index contributed by atoms with van der Waals surface area (Å²) in [5, 5.41) is 3.02. The number of amides is 2. The number of carbonyl (C=O) groups excluding carboxylic acids is 2. The molecule has 1 fully saturated rings. The summed E-state index contributed by atoms with van der Waals surface area (Å²) in [5.41, 5.74) is 2.64. The lowest BCUT2D eigenvalue weighted by molar-refractivity contribution is -0.133. The second-order valence-electron chi connectivity index (χ2n) is 8.15. The van der Waals surface area contributed by atoms with E-state index in [0.717, 1.165) is 23.1 Å². The molecule has 0 spiro atoms. The maximum Gasteiger partial charge on any atom is 0.272 e. The molecule has 0 bridgehead atoms. The fraction of sp³-hybridized carbons (Fsp3) is 0.320. The summed E-state index contributed by atoms with van der Waals surface area (Å²) >= 11 is 0. The van der Waals surface area contributed by atoms with E-state index in [1.165, 1.54) is 6.33 Å². The Bertz CT molecular complexity index is 1070. The van der Waals surface area contributed by atoms with Gasteiger partial charge < -0.3 is 10.2 Å². The van der Waals surface area contributed by atoms with Gasteiger partial charge in [-0.25, -0.2) is 9.97 Å². The zero-order chi connectivity index (χ0) is 22.4. The van der Waals surface area contributed by atoms with Crippen molar-refractivity contribution in [1.29, 1.82) is 0 Å². The average molecular weight is 430 g/mol. The topological polar surface area (TPSA) is 88.1 Å². The lowest BCUT2D eigenvalue weighted by atomic mass is 9.73. The zero-order valence-electron chi connectivity index (χ0n) is 18.2. The minimum Gasteiger partial charge on any atom is -0.356 e. The number of nitrogens with one attached hydrogen (secondary N) is 1. The first-order valence-corrected chi connectivity index (χ1v) is 10.9. The molecule has 4 rings (SSSR count). The van der Waals surface area contributed by atoms with Gasteiger partial charge in [-0.1, -0.05) is 30.3 Å². The van der Waals surface area contributed by atoms with E-state index in [1.54, 1.807) is 41.7 Å². The highest BCUT2D eigenvalue weighted by Crippen LogP contribution is 2.37. The molecule has 1 N–H and O–H groups in total. The predicted molar refractivity (Wildman–Crippen MR) is 122 cm³/mol. The Balaban J connectivity index is 1.68. The number of carbonyl (C=O) groups is 2. The van der Waals surface area contributed by atoms with Crippen LogP contribution in [-0.2, 0) is 11.2 Å². The van der Waals surface area contributed by atoms with Crippen LogP contribution in [0.4, 0.5) is 0 Å². The first-order chi connectivity index (χ1) is 15.6. The Morgan fingerprint density at radius 1 is 1.09 bits per heavy atom. The van der Waals surface area contributed by atoms with E-state index in [4.69, 9.17) is 0 Å². The number of benzene rings is 1. The van der Waals surface area contributed by atoms with Gasteiger partial charge in [0, 0.05) is 43.8 Å². The number of hydrogen-bond acceptors (Lipinski definition) is 5. The van der Waals surface area contributed by atoms with Crippen LogP contribution in [0.25, 0.3) is 11.1 Å². The Morgan fingerprint density at radius 3 is 2.62 bits per heavy atom. The Labute approximate surface area is 187 Å². The molecule has 2 aromatic heterocycles. The maximum atomic E-state index is 13.4. The van der Waals surface area contributed by atoms with Crippen LogP contribution in [0, 0.1) is 5.41 Å². The average Bonchev–Trinajstić information content (AvgIpc) is 2.85. The van der Waals surface area contributed by atoms with Gasteiger partial charge in [-0.05, 0) is 49.4 Å². The van der Waals surface area contributed by atoms with E-state index in [0.29, 0.717) is 38.2 Å². The molecule has 1 saturated heterocycles. The molecule has 1 aliphatic rings. The maximum absolute atomic E-state index is 13.4. The lowest BCUT2D eigenvalue weighted by Gasteiger charge is -2.42. The summed E-state index contributed by atoms with van der Waals surface area (Å²) in [6.45, 7) is 3.43. The molecule has 1 aromatic carbocycles. The van der Waals surface area contributed by atoms with Gasteiger partial charge in [0.05, 0.1) is 5.41 Å². The van der Waals surface area contributed by atoms with Gasteiger partial charge in [-0.3, -0.25) is 14.6 Å². The van der Waals surface area contributed by atoms with Gasteiger partial charge in [0.15, 0.2) is 0 Å². The molecule has 7 heteroatoms. The van der Waals surface area contributed by atoms with Crippen LogP contribution in [0.1, 0.15) is 35.8 Å². The number of rotatable bonds is 6. The van der Waals surface area contributed by atoms with Gasteiger partial charge >= 0.3 is 0 Å². The van der Waals surface area contributed by atoms with Crippen LogP contribution in [0.3, 0.4) is 0 Å². The normalized spacial score (nSPS) is 18.2. The first-order valence-electron chi connectivity index (χ1n) is 10.9. The van der Waals surface area contributed by atoms with Crippen molar-refractivity contribution in [2.24, 2.45) is 5.41 Å². The lowest BCUT2D eigenvalue weighted by Crippen LogP contribution is -2.54. The SMILES string of the molecule is CCNC(=O)[C@@]1(Cc2ccccc2-c2cncnc2)CCCN(C(=O)c2ccccn2)C1. The van der Waals surface area contributed by atoms with E-state index in [2.05, 4.69) is 20.3 Å². The molecular weight excluding hydrogens is 402 g/mol. The van der Waals surface area contributed by atoms with Crippen molar-refractivity contribution in [1.82, 2.24) is 25.2 Å². The van der Waals surface area contributed by atoms with Crippen LogP contribution in [-0.4, -0.2) is 51.3 Å². The van der Waals surface area contributed by atoms with Crippen molar-refractivity contribution >= 4 is 11.8 Å². The Morgan fingerprint density at radius 2 is 1.88 bits per heavy atom. The highest BCUT2D eigenvalue weighted by Gasteiger charge is 2.44. The van der Waals surface area contributed by atoms with Crippen molar-refractivity contribution in [3.63, 3.8) is 0 Å². The van der Waals surface area contributed by atoms with E-state index < -0.39 is 5.41 Å². The minimum atomic E-state index is -0.718. The van der Waals surface area contributed by atoms with Crippen LogP contribution in [0.15, 0.2) is 67.4 Å². The van der Waals surface area contributed by atoms with E-state index >= 15 is 0 Å². The molecule has 7 nitrogen and oxygen atoms in total. The van der Waals surface area contributed by atoms with Gasteiger partial charge in [0.25, 0.3) is 5.91 Å². The molecule has 0 unspecified atom stereocenters. The number of nitrogens with zero attached hydrogens (tertiary/aromatic N) is 4. The summed E-state index contributed by atoms with van der Waals surface area (Å²) in [7, 11) is 0. The molecule has 3 heterocycles. The molecule has 3 aromatic rings. The molecule has 0 radical (unpaired) electrons. The minimum absolute atomic E-state index is 0.0161. The van der Waals surface area contributed by atoms with Crippen molar-refractivity contribution in [3.8, 4) is 11.1 Å². The first kappa shape index (κ1) is 21.6. The highest BCUT2D eigenvalue weighted by atomic mass is 16.2. The molecular formula is C25H27N5O2. The second-order valence-corrected chi connectivity index (χ2v) is 8.15. The summed E-state index contributed by atoms with van der Waals surface area (Å²) < 4.78 is 0. The fourth-order valence-corrected chi connectivity index (χ4v) is 4.47. The summed E-state index contributed by atoms with van der Waals surface area (Å²) in [6, 6.07) is 13.3. The van der Waals surface area contributed by atoms with Crippen LogP contribution < -0.4 is 5.32 Å². The molecule has 32 heavy (non-hydrogen) atoms. The third-order valence-electron chi connectivity index (χ3n) is 5.98. The third-order valence-corrected chi connectivity index (χ3v) is 5.98. The number of hydrogen-bond donors (Lipinski definition) is 1. The van der Waals surface area contributed by atoms with Crippen molar-refractivity contribution < 1.29 is 9.59 Å². The van der Waals surface area contributed by atoms with E-state index in [-0.39, 0.29) is 11.8 Å². The Hall–Kier alpha value is -3.61. The largest absolute Gasteiger partial charge is 0.356 e. The second kappa shape index (κ2) is 9.68. The molecule has 0 aliphatic carbocycles. The number of pyridine rings is 1. The van der Waals surface area contributed by atoms with Crippen molar-refractivity contribution in [2.45, 2.75) is 26.2 Å². The summed E-state index contributed by atoms with van der Waals surface area (Å²) in [5.74, 6) is -0.152. The van der Waals surface area contributed by atoms with Gasteiger partial charge in [0.2, 0.25) is 5.91 Å². The zero-order valence-corrected chi connectivity index (χ0v) is 18.2. The number of piperidine rings is 1. The van der Waals surface area contributed by atoms with Gasteiger partial charge in [-0.15, -0.1) is 0 Å². The standard InChI is InChI=1S/C25H27N5O2/c1-2-28-24(32)25(11-7-13-30(17-25)23(31)22-10-5-6-12-29-22)14-19-8-3-4-9-21(19)20-15-26-18-27-16-20/h3-6,8-10,12,15-16,18H,2,7,11,13-14,17H2,1H3,(H,28,32)/t25-/m1/s1.